The molecule has 0 saturated heterocycles. The highest BCUT2D eigenvalue weighted by atomic mass is 31.1. The van der Waals surface area contributed by atoms with Crippen LogP contribution in [0.2, 0.25) is 0 Å². The van der Waals surface area contributed by atoms with Crippen molar-refractivity contribution in [2.24, 2.45) is 0 Å². The third-order valence-corrected chi connectivity index (χ3v) is 11.4. The topological polar surface area (TPSA) is 0 Å². The molecule has 0 saturated carbocycles. The lowest BCUT2D eigenvalue weighted by Gasteiger charge is -2.42. The van der Waals surface area contributed by atoms with Crippen LogP contribution in [-0.2, 0) is 6.16 Å². The fourth-order valence-electron chi connectivity index (χ4n) is 3.70. The monoisotopic (exact) mass is 352 g/mol. The molecule has 0 spiro atoms. The first-order valence-electron chi connectivity index (χ1n) is 8.99. The molecule has 0 aromatic heterocycles. The highest BCUT2D eigenvalue weighted by molar-refractivity contribution is 7.67. The van der Waals surface area contributed by atoms with Crippen molar-refractivity contribution >= 4 is 21.1 Å². The molecule has 0 heterocycles. The van der Waals surface area contributed by atoms with Crippen molar-refractivity contribution in [2.75, 3.05) is 0 Å². The van der Waals surface area contributed by atoms with E-state index < -0.39 is 0 Å². The molecule has 1 aromatic carbocycles. The Balaban J connectivity index is 3.29. The van der Waals surface area contributed by atoms with Gasteiger partial charge in [-0.1, -0.05) is 109 Å². The van der Waals surface area contributed by atoms with E-state index >= 15 is 0 Å². The number of rotatable bonds is 5. The molecule has 2 heteroatoms. The summed E-state index contributed by atoms with van der Waals surface area (Å²) >= 11 is 0. The van der Waals surface area contributed by atoms with Crippen LogP contribution in [-0.4, -0.2) is 21.6 Å². The first kappa shape index (κ1) is 21.1. The van der Waals surface area contributed by atoms with Crippen molar-refractivity contribution in [3.8, 4) is 0 Å². The fourth-order valence-corrected chi connectivity index (χ4v) is 10.5. The molecule has 1 rings (SSSR count). The summed E-state index contributed by atoms with van der Waals surface area (Å²) in [6.45, 7) is 24.2. The predicted molar refractivity (Wildman–Crippen MR) is 113 cm³/mol. The molecule has 0 nitrogen and oxygen atoms in total. The van der Waals surface area contributed by atoms with Crippen LogP contribution in [0.1, 0.15) is 74.8 Å². The van der Waals surface area contributed by atoms with Gasteiger partial charge >= 0.3 is 0 Å². The van der Waals surface area contributed by atoms with Crippen LogP contribution in [0.25, 0.3) is 0 Å². The maximum absolute atomic E-state index is 2.43. The Morgan fingerprint density at radius 1 is 0.783 bits per heavy atom. The molecule has 0 atom stereocenters. The Hall–Kier alpha value is 0.0800. The molecular weight excluding hydrogens is 314 g/mol. The van der Waals surface area contributed by atoms with E-state index in [2.05, 4.69) is 93.5 Å². The first-order chi connectivity index (χ1) is 10.4. The summed E-state index contributed by atoms with van der Waals surface area (Å²) in [5.74, 6) is 0. The summed E-state index contributed by atoms with van der Waals surface area (Å²) in [5, 5.41) is 2.44. The van der Waals surface area contributed by atoms with Crippen LogP contribution >= 0.6 is 15.8 Å². The molecule has 0 amide bonds. The van der Waals surface area contributed by atoms with Gasteiger partial charge in [-0.3, -0.25) is 0 Å². The van der Waals surface area contributed by atoms with E-state index in [0.29, 0.717) is 10.3 Å². The van der Waals surface area contributed by atoms with E-state index in [1.165, 1.54) is 6.16 Å². The van der Waals surface area contributed by atoms with Gasteiger partial charge in [-0.25, -0.2) is 0 Å². The van der Waals surface area contributed by atoms with Gasteiger partial charge in [0.25, 0.3) is 0 Å². The van der Waals surface area contributed by atoms with Gasteiger partial charge in [0.15, 0.2) is 0 Å². The van der Waals surface area contributed by atoms with Crippen molar-refractivity contribution in [3.63, 3.8) is 0 Å². The number of hydrogen-bond acceptors (Lipinski definition) is 0. The van der Waals surface area contributed by atoms with Gasteiger partial charge in [0, 0.05) is 0 Å². The second-order valence-corrected chi connectivity index (χ2v) is 16.4. The molecule has 0 aliphatic carbocycles. The highest BCUT2D eigenvalue weighted by Gasteiger charge is 2.35. The highest BCUT2D eigenvalue weighted by Crippen LogP contribution is 2.61. The standard InChI is InChI=1S/C21H38P2/c1-16(2)23(17(3)4)19-14-12-11-13-18(19)15-22(20(5,6)7)21(8,9)10/h11-14,16-17H,15H2,1-10H3. The van der Waals surface area contributed by atoms with E-state index in [1.54, 1.807) is 10.9 Å². The van der Waals surface area contributed by atoms with Gasteiger partial charge < -0.3 is 0 Å². The molecular formula is C21H38P2. The van der Waals surface area contributed by atoms with Crippen LogP contribution < -0.4 is 5.30 Å². The maximum Gasteiger partial charge on any atom is -0.00573 e. The van der Waals surface area contributed by atoms with Gasteiger partial charge in [-0.05, 0) is 38.7 Å². The average molecular weight is 352 g/mol. The zero-order chi connectivity index (χ0) is 18.0. The SMILES string of the molecule is CC(C)P(c1ccccc1CP(C(C)(C)C)C(C)(C)C)C(C)C. The molecule has 0 bridgehead atoms. The normalized spacial score (nSPS) is 13.7. The molecule has 0 aliphatic heterocycles. The lowest BCUT2D eigenvalue weighted by atomic mass is 10.2. The smallest absolute Gasteiger partial charge is 0.00573 e. The van der Waals surface area contributed by atoms with Gasteiger partial charge in [-0.2, -0.15) is 0 Å². The summed E-state index contributed by atoms with van der Waals surface area (Å²) < 4.78 is 0. The fraction of sp³-hybridized carbons (Fsp3) is 0.714. The minimum absolute atomic E-state index is 0.0865. The Bertz CT molecular complexity index is 467. The van der Waals surface area contributed by atoms with Gasteiger partial charge in [0.1, 0.15) is 0 Å². The van der Waals surface area contributed by atoms with Crippen molar-refractivity contribution in [3.05, 3.63) is 29.8 Å². The van der Waals surface area contributed by atoms with E-state index in [9.17, 15) is 0 Å². The first-order valence-corrected chi connectivity index (χ1v) is 12.0. The van der Waals surface area contributed by atoms with E-state index in [0.717, 1.165) is 11.3 Å². The molecule has 23 heavy (non-hydrogen) atoms. The van der Waals surface area contributed by atoms with Crippen molar-refractivity contribution in [1.29, 1.82) is 0 Å². The number of hydrogen-bond donors (Lipinski definition) is 0. The number of benzene rings is 1. The Morgan fingerprint density at radius 2 is 1.22 bits per heavy atom. The van der Waals surface area contributed by atoms with Gasteiger partial charge in [0.05, 0.1) is 0 Å². The van der Waals surface area contributed by atoms with Crippen LogP contribution in [0.4, 0.5) is 0 Å². The maximum atomic E-state index is 2.43. The zero-order valence-electron chi connectivity index (χ0n) is 17.1. The minimum Gasteiger partial charge on any atom is -0.0911 e. The molecule has 0 aliphatic rings. The summed E-state index contributed by atoms with van der Waals surface area (Å²) in [5.41, 5.74) is 3.13. The van der Waals surface area contributed by atoms with Crippen LogP contribution in [0.15, 0.2) is 24.3 Å². The lowest BCUT2D eigenvalue weighted by molar-refractivity contribution is 0.703. The average Bonchev–Trinajstić information content (AvgIpc) is 2.33. The van der Waals surface area contributed by atoms with Gasteiger partial charge in [-0.15, -0.1) is 0 Å². The largest absolute Gasteiger partial charge is 0.0911 e. The second kappa shape index (κ2) is 7.97. The van der Waals surface area contributed by atoms with E-state index in [4.69, 9.17) is 0 Å². The van der Waals surface area contributed by atoms with E-state index in [1.807, 2.05) is 0 Å². The third-order valence-electron chi connectivity index (χ3n) is 4.33. The summed E-state index contributed by atoms with van der Waals surface area (Å²) in [7, 11) is -0.175. The molecule has 1 aromatic rings. The van der Waals surface area contributed by atoms with Crippen LogP contribution in [0.3, 0.4) is 0 Å². The van der Waals surface area contributed by atoms with Crippen molar-refractivity contribution in [1.82, 2.24) is 0 Å². The van der Waals surface area contributed by atoms with Crippen molar-refractivity contribution in [2.45, 2.75) is 97.0 Å². The zero-order valence-corrected chi connectivity index (χ0v) is 18.9. The van der Waals surface area contributed by atoms with Crippen LogP contribution in [0.5, 0.6) is 0 Å². The van der Waals surface area contributed by atoms with E-state index in [-0.39, 0.29) is 15.8 Å². The molecule has 0 unspecified atom stereocenters. The van der Waals surface area contributed by atoms with Crippen molar-refractivity contribution < 1.29 is 0 Å². The summed E-state index contributed by atoms with van der Waals surface area (Å²) in [4.78, 5) is 0. The molecule has 0 fully saturated rings. The Morgan fingerprint density at radius 3 is 1.61 bits per heavy atom. The predicted octanol–water partition coefficient (Wildman–Crippen LogP) is 7.19. The lowest BCUT2D eigenvalue weighted by Crippen LogP contribution is -2.27. The second-order valence-electron chi connectivity index (χ2n) is 9.15. The minimum atomic E-state index is -0.0882. The third kappa shape index (κ3) is 5.83. The van der Waals surface area contributed by atoms with Crippen LogP contribution in [0, 0.1) is 0 Å². The summed E-state index contributed by atoms with van der Waals surface area (Å²) in [6.07, 6.45) is 1.26. The molecule has 0 N–H and O–H groups in total. The molecule has 132 valence electrons. The summed E-state index contributed by atoms with van der Waals surface area (Å²) in [6, 6.07) is 9.31. The Labute approximate surface area is 148 Å². The quantitative estimate of drug-likeness (QED) is 0.492. The van der Waals surface area contributed by atoms with Gasteiger partial charge in [0.2, 0.25) is 0 Å². The Kier molecular flexibility index (Phi) is 7.32. The molecule has 0 radical (unpaired) electrons.